The molecule has 0 radical (unpaired) electrons. The highest BCUT2D eigenvalue weighted by molar-refractivity contribution is 5.83. The van der Waals surface area contributed by atoms with Crippen LogP contribution in [0, 0.1) is 0 Å². The maximum Gasteiger partial charge on any atom is 0.509 e. The average molecular weight is 912 g/mol. The molecule has 0 aliphatic carbocycles. The highest BCUT2D eigenvalue weighted by atomic mass is 16.7. The number of esters is 4. The summed E-state index contributed by atoms with van der Waals surface area (Å²) in [6, 6.07) is 0. The molecule has 12 nitrogen and oxygen atoms in total. The van der Waals surface area contributed by atoms with Crippen molar-refractivity contribution in [2.75, 3.05) is 40.5 Å². The van der Waals surface area contributed by atoms with Gasteiger partial charge in [-0.25, -0.2) is 9.59 Å². The summed E-state index contributed by atoms with van der Waals surface area (Å²) >= 11 is 0. The summed E-state index contributed by atoms with van der Waals surface area (Å²) in [5.41, 5.74) is 0. The first-order valence-corrected chi connectivity index (χ1v) is 26.2. The predicted molar refractivity (Wildman–Crippen MR) is 256 cm³/mol. The number of hydrogen-bond donors (Lipinski definition) is 0. The molecule has 0 rings (SSSR count). The van der Waals surface area contributed by atoms with Crippen molar-refractivity contribution in [3.63, 3.8) is 0 Å². The van der Waals surface area contributed by atoms with Gasteiger partial charge in [0.25, 0.3) is 0 Å². The third kappa shape index (κ3) is 40.6. The van der Waals surface area contributed by atoms with Crippen LogP contribution in [0.25, 0.3) is 0 Å². The Hall–Kier alpha value is -2.89. The quantitative estimate of drug-likeness (QED) is 0.0326. The van der Waals surface area contributed by atoms with E-state index < -0.39 is 30.6 Å². The molecule has 0 amide bonds. The van der Waals surface area contributed by atoms with Crippen molar-refractivity contribution in [3.8, 4) is 0 Å². The summed E-state index contributed by atoms with van der Waals surface area (Å²) in [6.07, 6.45) is 29.0. The van der Waals surface area contributed by atoms with Crippen molar-refractivity contribution in [2.24, 2.45) is 0 Å². The van der Waals surface area contributed by atoms with Crippen LogP contribution < -0.4 is 0 Å². The number of carbonyl (C=O) groups is 5. The van der Waals surface area contributed by atoms with Crippen molar-refractivity contribution in [2.45, 2.75) is 264 Å². The van der Waals surface area contributed by atoms with Crippen molar-refractivity contribution in [3.05, 3.63) is 0 Å². The largest absolute Gasteiger partial charge is 0.509 e. The monoisotopic (exact) mass is 912 g/mol. The zero-order chi connectivity index (χ0) is 47.3. The highest BCUT2D eigenvalue weighted by Crippen LogP contribution is 2.20. The Bertz CT molecular complexity index is 1130. The lowest BCUT2D eigenvalue weighted by Crippen LogP contribution is -2.33. The van der Waals surface area contributed by atoms with E-state index in [2.05, 4.69) is 27.7 Å². The molecule has 3 unspecified atom stereocenters. The molecular weight excluding hydrogens is 815 g/mol. The molecule has 0 aliphatic rings. The molecule has 0 aliphatic heterocycles. The second-order valence-electron chi connectivity index (χ2n) is 18.1. The van der Waals surface area contributed by atoms with Gasteiger partial charge in [0.05, 0.1) is 26.2 Å². The summed E-state index contributed by atoms with van der Waals surface area (Å²) in [5.74, 6) is -1.92. The van der Waals surface area contributed by atoms with E-state index in [4.69, 9.17) is 28.4 Å². The molecule has 376 valence electrons. The number of ether oxygens (including phenoxy) is 6. The van der Waals surface area contributed by atoms with Gasteiger partial charge in [-0.2, -0.15) is 0 Å². The van der Waals surface area contributed by atoms with Crippen LogP contribution >= 0.6 is 0 Å². The van der Waals surface area contributed by atoms with Crippen molar-refractivity contribution < 1.29 is 52.4 Å². The molecule has 0 saturated heterocycles. The van der Waals surface area contributed by atoms with Gasteiger partial charge in [0.15, 0.2) is 0 Å². The van der Waals surface area contributed by atoms with Crippen LogP contribution in [0.4, 0.5) is 4.79 Å². The molecule has 0 spiro atoms. The molecule has 0 heterocycles. The lowest BCUT2D eigenvalue weighted by molar-refractivity contribution is -0.161. The van der Waals surface area contributed by atoms with Crippen LogP contribution in [-0.2, 0) is 47.6 Å². The standard InChI is InChI=1S/C52H97NO11/c1-7-11-15-19-21-27-36-45(34-25-17-13-9-3)62-48(54)38-29-23-31-41-59-50(56)44-47(64-52(58)61-43-33-40-53(5)6)51(57)60-42-32-24-30-39-49(55)63-46(35-26-18-14-10-4)37-28-22-20-16-12-8-2/h45-47H,7-44H2,1-6H3. The average Bonchev–Trinajstić information content (AvgIpc) is 3.26. The fourth-order valence-corrected chi connectivity index (χ4v) is 7.53. The molecule has 0 aromatic heterocycles. The van der Waals surface area contributed by atoms with Gasteiger partial charge in [-0.3, -0.25) is 14.4 Å². The van der Waals surface area contributed by atoms with Gasteiger partial charge in [-0.15, -0.1) is 0 Å². The topological polar surface area (TPSA) is 144 Å². The molecule has 0 fully saturated rings. The van der Waals surface area contributed by atoms with Gasteiger partial charge in [-0.05, 0) is 110 Å². The van der Waals surface area contributed by atoms with Gasteiger partial charge < -0.3 is 33.3 Å². The van der Waals surface area contributed by atoms with Crippen LogP contribution in [0.15, 0.2) is 0 Å². The number of hydrogen-bond acceptors (Lipinski definition) is 12. The minimum Gasteiger partial charge on any atom is -0.466 e. The third-order valence-electron chi connectivity index (χ3n) is 11.5. The molecule has 0 saturated carbocycles. The Kier molecular flexibility index (Phi) is 43.2. The number of unbranched alkanes of at least 4 members (excludes halogenated alkanes) is 20. The Morgan fingerprint density at radius 2 is 0.766 bits per heavy atom. The smallest absolute Gasteiger partial charge is 0.466 e. The van der Waals surface area contributed by atoms with Crippen molar-refractivity contribution in [1.82, 2.24) is 4.90 Å². The van der Waals surface area contributed by atoms with E-state index in [1.165, 1.54) is 89.9 Å². The summed E-state index contributed by atoms with van der Waals surface area (Å²) in [6.45, 7) is 9.76. The van der Waals surface area contributed by atoms with Crippen LogP contribution in [-0.4, -0.2) is 93.7 Å². The van der Waals surface area contributed by atoms with Crippen molar-refractivity contribution >= 4 is 30.0 Å². The van der Waals surface area contributed by atoms with E-state index in [0.29, 0.717) is 64.3 Å². The van der Waals surface area contributed by atoms with E-state index >= 15 is 0 Å². The van der Waals surface area contributed by atoms with E-state index in [0.717, 1.165) is 64.2 Å². The first kappa shape index (κ1) is 61.1. The third-order valence-corrected chi connectivity index (χ3v) is 11.5. The van der Waals surface area contributed by atoms with E-state index in [1.807, 2.05) is 19.0 Å². The second kappa shape index (κ2) is 45.3. The minimum absolute atomic E-state index is 0.0216. The SMILES string of the molecule is CCCCCCCCC(CCCCCC)OC(=O)CCCCCOC(=O)CC(OC(=O)OCCCN(C)C)C(=O)OCCCCCC(=O)OC(CCCCCC)CCCCCCCC. The van der Waals surface area contributed by atoms with E-state index in [1.54, 1.807) is 0 Å². The molecule has 0 aromatic carbocycles. The van der Waals surface area contributed by atoms with Gasteiger partial charge in [0.2, 0.25) is 6.10 Å². The lowest BCUT2D eigenvalue weighted by Gasteiger charge is -2.18. The fraction of sp³-hybridized carbons (Fsp3) is 0.904. The van der Waals surface area contributed by atoms with Crippen LogP contribution in [0.1, 0.15) is 246 Å². The number of carbonyl (C=O) groups excluding carboxylic acids is 5. The lowest BCUT2D eigenvalue weighted by atomic mass is 10.0. The maximum absolute atomic E-state index is 13.0. The minimum atomic E-state index is -1.52. The molecule has 64 heavy (non-hydrogen) atoms. The maximum atomic E-state index is 13.0. The Labute approximate surface area is 391 Å². The summed E-state index contributed by atoms with van der Waals surface area (Å²) < 4.78 is 33.0. The van der Waals surface area contributed by atoms with Crippen LogP contribution in [0.2, 0.25) is 0 Å². The van der Waals surface area contributed by atoms with E-state index in [9.17, 15) is 24.0 Å². The summed E-state index contributed by atoms with van der Waals surface area (Å²) in [5, 5.41) is 0. The van der Waals surface area contributed by atoms with Crippen LogP contribution in [0.5, 0.6) is 0 Å². The molecule has 0 bridgehead atoms. The molecule has 12 heteroatoms. The summed E-state index contributed by atoms with van der Waals surface area (Å²) in [4.78, 5) is 65.7. The molecule has 0 aromatic rings. The number of nitrogens with zero attached hydrogens (tertiary/aromatic N) is 1. The second-order valence-corrected chi connectivity index (χ2v) is 18.1. The zero-order valence-electron chi connectivity index (χ0n) is 42.0. The zero-order valence-corrected chi connectivity index (χ0v) is 42.0. The Morgan fingerprint density at radius 3 is 1.20 bits per heavy atom. The fourth-order valence-electron chi connectivity index (χ4n) is 7.53. The molecule has 0 N–H and O–H groups in total. The predicted octanol–water partition coefficient (Wildman–Crippen LogP) is 13.3. The normalized spacial score (nSPS) is 12.7. The summed E-state index contributed by atoms with van der Waals surface area (Å²) in [7, 11) is 3.81. The van der Waals surface area contributed by atoms with Gasteiger partial charge in [0, 0.05) is 19.4 Å². The van der Waals surface area contributed by atoms with Crippen LogP contribution in [0.3, 0.4) is 0 Å². The van der Waals surface area contributed by atoms with Gasteiger partial charge in [-0.1, -0.05) is 130 Å². The van der Waals surface area contributed by atoms with E-state index in [-0.39, 0.29) is 44.0 Å². The first-order chi connectivity index (χ1) is 31.1. The molecular formula is C52H97NO11. The van der Waals surface area contributed by atoms with Gasteiger partial charge in [0.1, 0.15) is 12.2 Å². The highest BCUT2D eigenvalue weighted by Gasteiger charge is 2.29. The number of rotatable bonds is 46. The molecule has 3 atom stereocenters. The Morgan fingerprint density at radius 1 is 0.391 bits per heavy atom. The first-order valence-electron chi connectivity index (χ1n) is 26.2. The van der Waals surface area contributed by atoms with Gasteiger partial charge >= 0.3 is 30.0 Å². The Balaban J connectivity index is 4.83. The van der Waals surface area contributed by atoms with Crippen molar-refractivity contribution in [1.29, 1.82) is 0 Å².